The van der Waals surface area contributed by atoms with Gasteiger partial charge in [0.1, 0.15) is 12.4 Å². The van der Waals surface area contributed by atoms with Crippen LogP contribution in [0.2, 0.25) is 0 Å². The molecular formula is C21H21NO2. The fraction of sp³-hybridized carbons (Fsp3) is 0.190. The molecule has 0 fully saturated rings. The molecule has 0 heterocycles. The van der Waals surface area contributed by atoms with Crippen LogP contribution in [0.5, 0.6) is 5.75 Å². The van der Waals surface area contributed by atoms with Gasteiger partial charge in [-0.1, -0.05) is 36.4 Å². The third kappa shape index (κ3) is 3.93. The van der Waals surface area contributed by atoms with Gasteiger partial charge in [0.2, 0.25) is 0 Å². The van der Waals surface area contributed by atoms with Crippen molar-refractivity contribution in [3.05, 3.63) is 77.4 Å². The molecule has 1 amide bonds. The summed E-state index contributed by atoms with van der Waals surface area (Å²) in [5.74, 6) is 0.761. The van der Waals surface area contributed by atoms with Gasteiger partial charge in [0.05, 0.1) is 6.54 Å². The molecule has 0 aliphatic carbocycles. The Kier molecular flexibility index (Phi) is 4.80. The maximum Gasteiger partial charge on any atom is 0.251 e. The number of hydrogen-bond donors (Lipinski definition) is 1. The predicted octanol–water partition coefficient (Wildman–Crippen LogP) is 4.27. The van der Waals surface area contributed by atoms with Crippen LogP contribution < -0.4 is 10.1 Å². The number of amides is 1. The second kappa shape index (κ2) is 7.18. The normalized spacial score (nSPS) is 10.6. The van der Waals surface area contributed by atoms with Crippen molar-refractivity contribution >= 4 is 16.7 Å². The lowest BCUT2D eigenvalue weighted by atomic mass is 10.1. The molecule has 0 unspecified atom stereocenters. The summed E-state index contributed by atoms with van der Waals surface area (Å²) in [6, 6.07) is 19.8. The summed E-state index contributed by atoms with van der Waals surface area (Å²) in [5.41, 5.74) is 3.01. The summed E-state index contributed by atoms with van der Waals surface area (Å²) in [7, 11) is 0. The number of carbonyl (C=O) groups excluding carboxylic acids is 1. The highest BCUT2D eigenvalue weighted by Gasteiger charge is 2.06. The second-order valence-corrected chi connectivity index (χ2v) is 5.99. The van der Waals surface area contributed by atoms with Crippen LogP contribution in [0.1, 0.15) is 21.5 Å². The van der Waals surface area contributed by atoms with E-state index in [9.17, 15) is 4.79 Å². The van der Waals surface area contributed by atoms with E-state index in [4.69, 9.17) is 4.74 Å². The van der Waals surface area contributed by atoms with Crippen LogP contribution >= 0.6 is 0 Å². The first-order chi connectivity index (χ1) is 11.6. The maximum atomic E-state index is 12.2. The standard InChI is InChI=1S/C21H21NO2/c1-15-11-16(2)13-20(12-15)24-10-9-22-21(23)19-8-7-17-5-3-4-6-18(17)14-19/h3-8,11-14H,9-10H2,1-2H3,(H,22,23). The summed E-state index contributed by atoms with van der Waals surface area (Å²) < 4.78 is 5.71. The van der Waals surface area contributed by atoms with Gasteiger partial charge in [-0.05, 0) is 60.0 Å². The number of ether oxygens (including phenoxy) is 1. The monoisotopic (exact) mass is 319 g/mol. The van der Waals surface area contributed by atoms with Gasteiger partial charge in [0, 0.05) is 5.56 Å². The van der Waals surface area contributed by atoms with Crippen molar-refractivity contribution in [3.63, 3.8) is 0 Å². The lowest BCUT2D eigenvalue weighted by molar-refractivity contribution is 0.0947. The average Bonchev–Trinajstić information content (AvgIpc) is 2.57. The summed E-state index contributed by atoms with van der Waals surface area (Å²) in [6.07, 6.45) is 0. The van der Waals surface area contributed by atoms with E-state index >= 15 is 0 Å². The molecule has 3 nitrogen and oxygen atoms in total. The molecule has 0 bridgehead atoms. The van der Waals surface area contributed by atoms with E-state index in [-0.39, 0.29) is 5.91 Å². The van der Waals surface area contributed by atoms with Crippen LogP contribution in [0.4, 0.5) is 0 Å². The highest BCUT2D eigenvalue weighted by atomic mass is 16.5. The maximum absolute atomic E-state index is 12.2. The van der Waals surface area contributed by atoms with Crippen molar-refractivity contribution in [2.45, 2.75) is 13.8 Å². The molecule has 0 aliphatic rings. The molecule has 0 aliphatic heterocycles. The van der Waals surface area contributed by atoms with Crippen LogP contribution in [-0.2, 0) is 0 Å². The summed E-state index contributed by atoms with van der Waals surface area (Å²) in [5, 5.41) is 5.10. The third-order valence-corrected chi connectivity index (χ3v) is 3.86. The smallest absolute Gasteiger partial charge is 0.251 e. The second-order valence-electron chi connectivity index (χ2n) is 5.99. The van der Waals surface area contributed by atoms with Gasteiger partial charge < -0.3 is 10.1 Å². The zero-order valence-electron chi connectivity index (χ0n) is 14.0. The van der Waals surface area contributed by atoms with E-state index in [1.807, 2.05) is 68.4 Å². The van der Waals surface area contributed by atoms with E-state index in [0.717, 1.165) is 16.5 Å². The lowest BCUT2D eigenvalue weighted by Crippen LogP contribution is -2.28. The molecule has 3 aromatic carbocycles. The van der Waals surface area contributed by atoms with Crippen LogP contribution in [0.15, 0.2) is 60.7 Å². The molecule has 3 heteroatoms. The van der Waals surface area contributed by atoms with Gasteiger partial charge in [-0.25, -0.2) is 0 Å². The topological polar surface area (TPSA) is 38.3 Å². The number of hydrogen-bond acceptors (Lipinski definition) is 2. The molecule has 3 rings (SSSR count). The Morgan fingerprint density at radius 1 is 0.917 bits per heavy atom. The minimum absolute atomic E-state index is 0.0789. The average molecular weight is 319 g/mol. The molecule has 0 saturated carbocycles. The number of benzene rings is 3. The van der Waals surface area contributed by atoms with Gasteiger partial charge in [-0.15, -0.1) is 0 Å². The molecular weight excluding hydrogens is 298 g/mol. The largest absolute Gasteiger partial charge is 0.492 e. The highest BCUT2D eigenvalue weighted by molar-refractivity contribution is 5.98. The van der Waals surface area contributed by atoms with Crippen LogP contribution in [0.3, 0.4) is 0 Å². The first-order valence-corrected chi connectivity index (χ1v) is 8.10. The van der Waals surface area contributed by atoms with E-state index in [2.05, 4.69) is 11.4 Å². The van der Waals surface area contributed by atoms with Crippen molar-refractivity contribution in [3.8, 4) is 5.75 Å². The van der Waals surface area contributed by atoms with E-state index in [0.29, 0.717) is 18.7 Å². The van der Waals surface area contributed by atoms with E-state index in [1.165, 1.54) is 11.1 Å². The van der Waals surface area contributed by atoms with Crippen molar-refractivity contribution in [1.82, 2.24) is 5.32 Å². The molecule has 3 aromatic rings. The Labute approximate surface area is 142 Å². The summed E-state index contributed by atoms with van der Waals surface area (Å²) in [4.78, 5) is 12.2. The number of aryl methyl sites for hydroxylation is 2. The number of nitrogens with one attached hydrogen (secondary N) is 1. The van der Waals surface area contributed by atoms with Gasteiger partial charge in [-0.3, -0.25) is 4.79 Å². The quantitative estimate of drug-likeness (QED) is 0.713. The molecule has 0 atom stereocenters. The van der Waals surface area contributed by atoms with E-state index in [1.54, 1.807) is 0 Å². The molecule has 0 radical (unpaired) electrons. The van der Waals surface area contributed by atoms with Crippen LogP contribution in [-0.4, -0.2) is 19.1 Å². The summed E-state index contributed by atoms with van der Waals surface area (Å²) >= 11 is 0. The zero-order chi connectivity index (χ0) is 16.9. The van der Waals surface area contributed by atoms with Crippen molar-refractivity contribution in [2.75, 3.05) is 13.2 Å². The Balaban J connectivity index is 1.54. The minimum atomic E-state index is -0.0789. The van der Waals surface area contributed by atoms with Gasteiger partial charge in [0.25, 0.3) is 5.91 Å². The summed E-state index contributed by atoms with van der Waals surface area (Å²) in [6.45, 7) is 5.00. The van der Waals surface area contributed by atoms with Gasteiger partial charge >= 0.3 is 0 Å². The van der Waals surface area contributed by atoms with Crippen LogP contribution in [0.25, 0.3) is 10.8 Å². The SMILES string of the molecule is Cc1cc(C)cc(OCCNC(=O)c2ccc3ccccc3c2)c1. The number of rotatable bonds is 5. The lowest BCUT2D eigenvalue weighted by Gasteiger charge is -2.10. The number of carbonyl (C=O) groups is 1. The molecule has 0 saturated heterocycles. The molecule has 1 N–H and O–H groups in total. The number of fused-ring (bicyclic) bond motifs is 1. The third-order valence-electron chi connectivity index (χ3n) is 3.86. The molecule has 122 valence electrons. The Hall–Kier alpha value is -2.81. The Bertz CT molecular complexity index is 850. The first-order valence-electron chi connectivity index (χ1n) is 8.10. The Morgan fingerprint density at radius 2 is 1.62 bits per heavy atom. The van der Waals surface area contributed by atoms with E-state index < -0.39 is 0 Å². The van der Waals surface area contributed by atoms with Crippen molar-refractivity contribution < 1.29 is 9.53 Å². The first kappa shape index (κ1) is 16.1. The molecule has 24 heavy (non-hydrogen) atoms. The Morgan fingerprint density at radius 3 is 2.38 bits per heavy atom. The molecule has 0 aromatic heterocycles. The highest BCUT2D eigenvalue weighted by Crippen LogP contribution is 2.16. The molecule has 0 spiro atoms. The van der Waals surface area contributed by atoms with Crippen molar-refractivity contribution in [1.29, 1.82) is 0 Å². The predicted molar refractivity (Wildman–Crippen MR) is 97.7 cm³/mol. The van der Waals surface area contributed by atoms with Gasteiger partial charge in [0.15, 0.2) is 0 Å². The van der Waals surface area contributed by atoms with Crippen molar-refractivity contribution in [2.24, 2.45) is 0 Å². The fourth-order valence-electron chi connectivity index (χ4n) is 2.78. The van der Waals surface area contributed by atoms with Gasteiger partial charge in [-0.2, -0.15) is 0 Å². The van der Waals surface area contributed by atoms with Crippen LogP contribution in [0, 0.1) is 13.8 Å². The fourth-order valence-corrected chi connectivity index (χ4v) is 2.78. The zero-order valence-corrected chi connectivity index (χ0v) is 14.0. The minimum Gasteiger partial charge on any atom is -0.492 e.